The van der Waals surface area contributed by atoms with Gasteiger partial charge >= 0.3 is 15.6 Å². The molecule has 0 spiro atoms. The predicted octanol–water partition coefficient (Wildman–Crippen LogP) is 2.94. The number of allylic oxidation sites excluding steroid dienone is 1. The minimum absolute atomic E-state index is 0.627. The highest BCUT2D eigenvalue weighted by Gasteiger charge is 2.40. The van der Waals surface area contributed by atoms with Crippen LogP contribution < -0.4 is 0 Å². The Balaban J connectivity index is 4.65. The van der Waals surface area contributed by atoms with Gasteiger partial charge in [0.25, 0.3) is 0 Å². The Hall–Kier alpha value is -0.200. The van der Waals surface area contributed by atoms with Crippen molar-refractivity contribution in [2.24, 2.45) is 0 Å². The summed E-state index contributed by atoms with van der Waals surface area (Å²) >= 11 is 0. The van der Waals surface area contributed by atoms with Gasteiger partial charge in [-0.25, -0.2) is 14.4 Å². The van der Waals surface area contributed by atoms with Crippen LogP contribution in [-0.2, 0) is 31.7 Å². The van der Waals surface area contributed by atoms with Crippen molar-refractivity contribution in [2.75, 3.05) is 14.2 Å². The lowest BCUT2D eigenvalue weighted by Gasteiger charge is -2.17. The lowest BCUT2D eigenvalue weighted by atomic mass is 10.5. The second kappa shape index (κ2) is 7.19. The fourth-order valence-electron chi connectivity index (χ4n) is 0.513. The van der Waals surface area contributed by atoms with Crippen LogP contribution in [0.15, 0.2) is 12.3 Å². The number of hydrogen-bond acceptors (Lipinski definition) is 8. The summed E-state index contributed by atoms with van der Waals surface area (Å²) in [6.07, 6.45) is 3.20. The van der Waals surface area contributed by atoms with E-state index in [0.717, 1.165) is 20.5 Å². The Morgan fingerprint density at radius 3 is 2.12 bits per heavy atom. The van der Waals surface area contributed by atoms with Crippen LogP contribution in [0, 0.1) is 0 Å². The van der Waals surface area contributed by atoms with Crippen molar-refractivity contribution in [3.63, 3.8) is 0 Å². The first kappa shape index (κ1) is 15.8. The van der Waals surface area contributed by atoms with E-state index in [2.05, 4.69) is 22.6 Å². The van der Waals surface area contributed by atoms with Crippen molar-refractivity contribution in [1.82, 2.24) is 0 Å². The molecule has 0 aromatic rings. The van der Waals surface area contributed by atoms with E-state index in [1.54, 1.807) is 0 Å². The van der Waals surface area contributed by atoms with E-state index in [-0.39, 0.29) is 0 Å². The lowest BCUT2D eigenvalue weighted by molar-refractivity contribution is -0.159. The Kier molecular flexibility index (Phi) is 7.10. The molecule has 0 radical (unpaired) electrons. The highest BCUT2D eigenvalue weighted by molar-refractivity contribution is 7.62. The molecule has 8 nitrogen and oxygen atoms in total. The number of phosphoric ester groups is 1. The van der Waals surface area contributed by atoms with Crippen molar-refractivity contribution in [3.8, 4) is 0 Å². The van der Waals surface area contributed by atoms with Gasteiger partial charge in [-0.1, -0.05) is 6.92 Å². The average Bonchev–Trinajstić information content (AvgIpc) is 2.29. The van der Waals surface area contributed by atoms with Crippen LogP contribution in [0.1, 0.15) is 13.3 Å². The largest absolute Gasteiger partial charge is 0.538 e. The van der Waals surface area contributed by atoms with Gasteiger partial charge in [0.1, 0.15) is 0 Å². The van der Waals surface area contributed by atoms with E-state index >= 15 is 0 Å². The first-order valence-corrected chi connectivity index (χ1v) is 7.07. The Bertz CT molecular complexity index is 306. The highest BCUT2D eigenvalue weighted by Crippen LogP contribution is 2.64. The molecule has 0 fully saturated rings. The van der Waals surface area contributed by atoms with E-state index in [9.17, 15) is 9.13 Å². The third-order valence-corrected chi connectivity index (χ3v) is 4.34. The topological polar surface area (TPSA) is 101 Å². The van der Waals surface area contributed by atoms with E-state index in [4.69, 9.17) is 5.26 Å². The maximum absolute atomic E-state index is 11.6. The summed E-state index contributed by atoms with van der Waals surface area (Å²) in [7, 11) is -6.56. The summed E-state index contributed by atoms with van der Waals surface area (Å²) < 4.78 is 43.9. The summed E-state index contributed by atoms with van der Waals surface area (Å²) in [5, 5.41) is 8.25. The second-order valence-corrected chi connectivity index (χ2v) is 5.85. The molecule has 96 valence electrons. The zero-order valence-corrected chi connectivity index (χ0v) is 10.9. The Morgan fingerprint density at radius 1 is 1.19 bits per heavy atom. The summed E-state index contributed by atoms with van der Waals surface area (Å²) in [5.41, 5.74) is 0. The van der Waals surface area contributed by atoms with Crippen LogP contribution in [0.4, 0.5) is 0 Å². The lowest BCUT2D eigenvalue weighted by Crippen LogP contribution is -1.97. The molecule has 0 aromatic carbocycles. The molecule has 0 rings (SSSR count). The molecule has 10 heteroatoms. The summed E-state index contributed by atoms with van der Waals surface area (Å²) in [5.74, 6) is 0. The first-order chi connectivity index (χ1) is 7.45. The van der Waals surface area contributed by atoms with Gasteiger partial charge in [-0.2, -0.15) is 4.31 Å². The molecule has 2 unspecified atom stereocenters. The Labute approximate surface area is 93.3 Å². The second-order valence-electron chi connectivity index (χ2n) is 2.31. The number of hydrogen-bond donors (Lipinski definition) is 1. The van der Waals surface area contributed by atoms with Crippen LogP contribution in [-0.4, -0.2) is 19.5 Å². The fourth-order valence-corrected chi connectivity index (χ4v) is 2.69. The van der Waals surface area contributed by atoms with Gasteiger partial charge < -0.3 is 4.52 Å². The maximum Gasteiger partial charge on any atom is 0.538 e. The molecule has 2 atom stereocenters. The fraction of sp³-hybridized carbons (Fsp3) is 0.667. The van der Waals surface area contributed by atoms with Gasteiger partial charge in [-0.3, -0.25) is 9.05 Å². The molecule has 0 heterocycles. The maximum atomic E-state index is 11.6. The van der Waals surface area contributed by atoms with Crippen LogP contribution in [0.25, 0.3) is 0 Å². The van der Waals surface area contributed by atoms with Crippen LogP contribution in [0.5, 0.6) is 0 Å². The summed E-state index contributed by atoms with van der Waals surface area (Å²) in [4.78, 5) is 0. The molecule has 0 aliphatic rings. The van der Waals surface area contributed by atoms with Crippen LogP contribution in [0.3, 0.4) is 0 Å². The molecule has 16 heavy (non-hydrogen) atoms. The SMILES string of the molecule is CCC=COP(=O)(OC)OP(=O)(OC)OO. The van der Waals surface area contributed by atoms with E-state index in [1.807, 2.05) is 6.92 Å². The van der Waals surface area contributed by atoms with Gasteiger partial charge in [0, 0.05) is 14.2 Å². The van der Waals surface area contributed by atoms with Crippen LogP contribution in [0.2, 0.25) is 0 Å². The Morgan fingerprint density at radius 2 is 1.75 bits per heavy atom. The first-order valence-electron chi connectivity index (χ1n) is 4.14. The quantitative estimate of drug-likeness (QED) is 0.312. The molecule has 0 saturated carbocycles. The molecule has 0 amide bonds. The zero-order chi connectivity index (χ0) is 12.7. The standard InChI is InChI=1S/C6H14O8P2/c1-4-5-6-12-15(8,10-2)14-16(9,11-3)13-7/h5-7H,4H2,1-3H3. The number of rotatable bonds is 8. The molecule has 0 bridgehead atoms. The predicted molar refractivity (Wildman–Crippen MR) is 54.5 cm³/mol. The van der Waals surface area contributed by atoms with E-state index in [0.29, 0.717) is 6.42 Å². The summed E-state index contributed by atoms with van der Waals surface area (Å²) in [6.45, 7) is 1.81. The molecule has 0 aliphatic carbocycles. The molecule has 0 aliphatic heterocycles. The van der Waals surface area contributed by atoms with E-state index < -0.39 is 15.6 Å². The van der Waals surface area contributed by atoms with Gasteiger partial charge in [0.2, 0.25) is 0 Å². The third-order valence-electron chi connectivity index (χ3n) is 1.27. The van der Waals surface area contributed by atoms with Gasteiger partial charge in [0.05, 0.1) is 6.26 Å². The van der Waals surface area contributed by atoms with Crippen LogP contribution >= 0.6 is 15.6 Å². The van der Waals surface area contributed by atoms with Gasteiger partial charge in [0.15, 0.2) is 0 Å². The molecular weight excluding hydrogens is 262 g/mol. The smallest absolute Gasteiger partial charge is 0.412 e. The molecular formula is C6H14O8P2. The number of phosphoric acid groups is 2. The minimum Gasteiger partial charge on any atom is -0.412 e. The molecule has 0 aromatic heterocycles. The highest BCUT2D eigenvalue weighted by atomic mass is 31.3. The normalized spacial score (nSPS) is 19.2. The zero-order valence-electron chi connectivity index (χ0n) is 9.06. The van der Waals surface area contributed by atoms with Gasteiger partial charge in [-0.15, -0.1) is 4.67 Å². The van der Waals surface area contributed by atoms with Crippen molar-refractivity contribution in [3.05, 3.63) is 12.3 Å². The van der Waals surface area contributed by atoms with E-state index in [1.165, 1.54) is 6.08 Å². The van der Waals surface area contributed by atoms with Gasteiger partial charge in [-0.05, 0) is 12.5 Å². The molecule has 0 saturated heterocycles. The van der Waals surface area contributed by atoms with Crippen molar-refractivity contribution in [2.45, 2.75) is 13.3 Å². The van der Waals surface area contributed by atoms with Crippen molar-refractivity contribution in [1.29, 1.82) is 0 Å². The summed E-state index contributed by atoms with van der Waals surface area (Å²) in [6, 6.07) is 0. The van der Waals surface area contributed by atoms with Crippen molar-refractivity contribution < 1.29 is 36.9 Å². The minimum atomic E-state index is -4.36. The molecule has 1 N–H and O–H groups in total. The monoisotopic (exact) mass is 276 g/mol. The average molecular weight is 276 g/mol. The third kappa shape index (κ3) is 5.23. The van der Waals surface area contributed by atoms with Crippen molar-refractivity contribution >= 4 is 15.6 Å².